The number of methoxy groups -OCH3 is 4. The van der Waals surface area contributed by atoms with Crippen molar-refractivity contribution in [2.24, 2.45) is 0 Å². The lowest BCUT2D eigenvalue weighted by Gasteiger charge is -2.27. The molecule has 0 radical (unpaired) electrons. The Morgan fingerprint density at radius 2 is 1.41 bits per heavy atom. The van der Waals surface area contributed by atoms with Crippen LogP contribution in [0.15, 0.2) is 42.5 Å². The van der Waals surface area contributed by atoms with Gasteiger partial charge in [-0.3, -0.25) is 4.90 Å². The van der Waals surface area contributed by atoms with E-state index in [4.69, 9.17) is 23.7 Å². The molecule has 1 aliphatic rings. The summed E-state index contributed by atoms with van der Waals surface area (Å²) in [6.45, 7) is 3.33. The van der Waals surface area contributed by atoms with E-state index in [1.807, 2.05) is 36.4 Å². The van der Waals surface area contributed by atoms with Gasteiger partial charge in [-0.1, -0.05) is 6.08 Å². The van der Waals surface area contributed by atoms with Crippen LogP contribution in [0.4, 0.5) is 0 Å². The number of hydrogen-bond donors (Lipinski definition) is 0. The van der Waals surface area contributed by atoms with Crippen molar-refractivity contribution in [2.75, 3.05) is 54.7 Å². The predicted molar refractivity (Wildman–Crippen MR) is 114 cm³/mol. The molecule has 6 heteroatoms. The van der Waals surface area contributed by atoms with E-state index < -0.39 is 0 Å². The second-order valence-corrected chi connectivity index (χ2v) is 6.71. The van der Waals surface area contributed by atoms with E-state index in [1.165, 1.54) is 5.57 Å². The third-order valence-corrected chi connectivity index (χ3v) is 5.07. The van der Waals surface area contributed by atoms with E-state index >= 15 is 0 Å². The predicted octanol–water partition coefficient (Wildman–Crippen LogP) is 3.89. The van der Waals surface area contributed by atoms with Crippen LogP contribution in [0.3, 0.4) is 0 Å². The zero-order valence-electron chi connectivity index (χ0n) is 17.6. The van der Waals surface area contributed by atoms with Gasteiger partial charge >= 0.3 is 0 Å². The molecule has 2 aromatic rings. The van der Waals surface area contributed by atoms with Crippen LogP contribution in [0.5, 0.6) is 28.7 Å². The van der Waals surface area contributed by atoms with Gasteiger partial charge in [-0.15, -0.1) is 0 Å². The minimum atomic E-state index is 0.644. The SMILES string of the molecule is COc1ccc(OCCN2CC=C(c3c(OC)cc(OC)cc3OC)CC2)cc1. The summed E-state index contributed by atoms with van der Waals surface area (Å²) in [4.78, 5) is 2.37. The molecular formula is C23H29NO5. The summed E-state index contributed by atoms with van der Waals surface area (Å²) in [5.41, 5.74) is 2.23. The van der Waals surface area contributed by atoms with Gasteiger partial charge in [0, 0.05) is 31.8 Å². The normalized spacial score (nSPS) is 14.1. The van der Waals surface area contributed by atoms with Crippen molar-refractivity contribution in [3.05, 3.63) is 48.0 Å². The molecule has 0 aliphatic carbocycles. The molecule has 0 saturated carbocycles. The van der Waals surface area contributed by atoms with Gasteiger partial charge in [0.1, 0.15) is 35.4 Å². The molecule has 2 aromatic carbocycles. The fourth-order valence-electron chi connectivity index (χ4n) is 3.43. The molecule has 0 N–H and O–H groups in total. The Balaban J connectivity index is 1.60. The van der Waals surface area contributed by atoms with Crippen molar-refractivity contribution >= 4 is 5.57 Å². The van der Waals surface area contributed by atoms with Gasteiger partial charge in [0.25, 0.3) is 0 Å². The Morgan fingerprint density at radius 1 is 0.793 bits per heavy atom. The van der Waals surface area contributed by atoms with Gasteiger partial charge in [-0.25, -0.2) is 0 Å². The summed E-state index contributed by atoms with van der Waals surface area (Å²) in [6, 6.07) is 11.5. The molecule has 1 aliphatic heterocycles. The van der Waals surface area contributed by atoms with E-state index in [0.717, 1.165) is 60.4 Å². The summed E-state index contributed by atoms with van der Waals surface area (Å²) in [7, 11) is 6.64. The van der Waals surface area contributed by atoms with Crippen LogP contribution in [0, 0.1) is 0 Å². The van der Waals surface area contributed by atoms with E-state index in [2.05, 4.69) is 11.0 Å². The molecule has 1 heterocycles. The smallest absolute Gasteiger partial charge is 0.133 e. The Kier molecular flexibility index (Phi) is 7.25. The molecule has 6 nitrogen and oxygen atoms in total. The van der Waals surface area contributed by atoms with E-state index in [9.17, 15) is 0 Å². The average molecular weight is 399 g/mol. The highest BCUT2D eigenvalue weighted by Gasteiger charge is 2.20. The number of hydrogen-bond acceptors (Lipinski definition) is 6. The van der Waals surface area contributed by atoms with E-state index in [0.29, 0.717) is 6.61 Å². The minimum Gasteiger partial charge on any atom is -0.497 e. The summed E-state index contributed by atoms with van der Waals surface area (Å²) in [5, 5.41) is 0. The molecule has 0 aromatic heterocycles. The molecule has 0 bridgehead atoms. The van der Waals surface area contributed by atoms with Gasteiger partial charge in [0.05, 0.1) is 34.0 Å². The fraction of sp³-hybridized carbons (Fsp3) is 0.391. The summed E-state index contributed by atoms with van der Waals surface area (Å²) >= 11 is 0. The van der Waals surface area contributed by atoms with E-state index in [1.54, 1.807) is 28.4 Å². The van der Waals surface area contributed by atoms with Gasteiger partial charge in [0.2, 0.25) is 0 Å². The maximum Gasteiger partial charge on any atom is 0.133 e. The molecule has 0 amide bonds. The first-order valence-electron chi connectivity index (χ1n) is 9.67. The van der Waals surface area contributed by atoms with Crippen molar-refractivity contribution in [3.8, 4) is 28.7 Å². The second kappa shape index (κ2) is 10.1. The van der Waals surface area contributed by atoms with Gasteiger partial charge in [-0.05, 0) is 36.3 Å². The first-order chi connectivity index (χ1) is 14.2. The summed E-state index contributed by atoms with van der Waals surface area (Å²) in [5.74, 6) is 3.94. The van der Waals surface area contributed by atoms with Gasteiger partial charge in [-0.2, -0.15) is 0 Å². The fourth-order valence-corrected chi connectivity index (χ4v) is 3.43. The molecule has 3 rings (SSSR count). The largest absolute Gasteiger partial charge is 0.497 e. The number of ether oxygens (including phenoxy) is 5. The van der Waals surface area contributed by atoms with Crippen molar-refractivity contribution < 1.29 is 23.7 Å². The molecule has 29 heavy (non-hydrogen) atoms. The van der Waals surface area contributed by atoms with Crippen LogP contribution in [-0.4, -0.2) is 59.6 Å². The molecule has 0 unspecified atom stereocenters. The van der Waals surface area contributed by atoms with Crippen molar-refractivity contribution in [1.82, 2.24) is 4.90 Å². The van der Waals surface area contributed by atoms with Crippen LogP contribution >= 0.6 is 0 Å². The first kappa shape index (κ1) is 20.9. The highest BCUT2D eigenvalue weighted by molar-refractivity contribution is 5.77. The number of rotatable bonds is 9. The Labute approximate surface area is 172 Å². The molecule has 0 saturated heterocycles. The average Bonchev–Trinajstić information content (AvgIpc) is 2.79. The topological polar surface area (TPSA) is 49.4 Å². The zero-order valence-corrected chi connectivity index (χ0v) is 17.6. The molecular weight excluding hydrogens is 370 g/mol. The summed E-state index contributed by atoms with van der Waals surface area (Å²) < 4.78 is 27.6. The van der Waals surface area contributed by atoms with Crippen molar-refractivity contribution in [1.29, 1.82) is 0 Å². The molecule has 0 fully saturated rings. The summed E-state index contributed by atoms with van der Waals surface area (Å²) in [6.07, 6.45) is 3.16. The lowest BCUT2D eigenvalue weighted by Crippen LogP contribution is -2.32. The maximum atomic E-state index is 5.85. The molecule has 156 valence electrons. The quantitative estimate of drug-likeness (QED) is 0.638. The second-order valence-electron chi connectivity index (χ2n) is 6.71. The van der Waals surface area contributed by atoms with Crippen LogP contribution < -0.4 is 23.7 Å². The van der Waals surface area contributed by atoms with Crippen LogP contribution in [-0.2, 0) is 0 Å². The minimum absolute atomic E-state index is 0.644. The Morgan fingerprint density at radius 3 is 1.93 bits per heavy atom. The Bertz CT molecular complexity index is 807. The van der Waals surface area contributed by atoms with Crippen LogP contribution in [0.25, 0.3) is 5.57 Å². The van der Waals surface area contributed by atoms with Gasteiger partial charge < -0.3 is 23.7 Å². The molecule has 0 spiro atoms. The molecule has 0 atom stereocenters. The zero-order chi connectivity index (χ0) is 20.6. The van der Waals surface area contributed by atoms with Crippen LogP contribution in [0.1, 0.15) is 12.0 Å². The van der Waals surface area contributed by atoms with Crippen molar-refractivity contribution in [3.63, 3.8) is 0 Å². The van der Waals surface area contributed by atoms with Crippen molar-refractivity contribution in [2.45, 2.75) is 6.42 Å². The highest BCUT2D eigenvalue weighted by Crippen LogP contribution is 2.40. The third kappa shape index (κ3) is 5.15. The lowest BCUT2D eigenvalue weighted by atomic mass is 9.97. The van der Waals surface area contributed by atoms with E-state index in [-0.39, 0.29) is 0 Å². The third-order valence-electron chi connectivity index (χ3n) is 5.07. The lowest BCUT2D eigenvalue weighted by molar-refractivity contribution is 0.222. The highest BCUT2D eigenvalue weighted by atomic mass is 16.5. The number of nitrogens with zero attached hydrogens (tertiary/aromatic N) is 1. The number of benzene rings is 2. The first-order valence-corrected chi connectivity index (χ1v) is 9.67. The van der Waals surface area contributed by atoms with Crippen LogP contribution in [0.2, 0.25) is 0 Å². The monoisotopic (exact) mass is 399 g/mol. The van der Waals surface area contributed by atoms with Gasteiger partial charge in [0.15, 0.2) is 0 Å². The maximum absolute atomic E-state index is 5.85. The Hall–Kier alpha value is -2.86. The standard InChI is InChI=1S/C23H29NO5/c1-25-18-5-7-19(8-6-18)29-14-13-24-11-9-17(10-12-24)23-21(27-3)15-20(26-2)16-22(23)28-4/h5-9,15-16H,10-14H2,1-4H3.